The molecule has 0 aromatic heterocycles. The summed E-state index contributed by atoms with van der Waals surface area (Å²) in [7, 11) is 0. The molecule has 0 bridgehead atoms. The van der Waals surface area contributed by atoms with Crippen molar-refractivity contribution in [3.05, 3.63) is 0 Å². The molecule has 20 heavy (non-hydrogen) atoms. The zero-order valence-electron chi connectivity index (χ0n) is 13.4. The third kappa shape index (κ3) is 5.31. The van der Waals surface area contributed by atoms with Crippen LogP contribution in [0.1, 0.15) is 66.2 Å². The lowest BCUT2D eigenvalue weighted by molar-refractivity contribution is 0.0489. The molecule has 1 unspecified atom stereocenters. The van der Waals surface area contributed by atoms with E-state index in [1.54, 1.807) is 0 Å². The van der Waals surface area contributed by atoms with Crippen molar-refractivity contribution in [3.63, 3.8) is 0 Å². The predicted octanol–water partition coefficient (Wildman–Crippen LogP) is 3.21. The van der Waals surface area contributed by atoms with Gasteiger partial charge in [0.2, 0.25) is 0 Å². The Morgan fingerprint density at radius 1 is 1.05 bits per heavy atom. The normalized spacial score (nSPS) is 28.8. The highest BCUT2D eigenvalue weighted by Gasteiger charge is 2.31. The number of hydrogen-bond donors (Lipinski definition) is 2. The molecule has 116 valence electrons. The van der Waals surface area contributed by atoms with Crippen LogP contribution in [0.5, 0.6) is 0 Å². The van der Waals surface area contributed by atoms with Crippen LogP contribution >= 0.6 is 0 Å². The quantitative estimate of drug-likeness (QED) is 0.832. The highest BCUT2D eigenvalue weighted by atomic mass is 16.6. The molecule has 0 saturated heterocycles. The zero-order valence-corrected chi connectivity index (χ0v) is 13.4. The standard InChI is InChI=1S/C16H30N2O2/c1-11(12-5-6-12)17-13-7-9-14(10-8-13)18-15(19)20-16(2,3)4/h11-14,17H,5-10H2,1-4H3,(H,18,19). The van der Waals surface area contributed by atoms with Crippen LogP contribution in [0, 0.1) is 5.92 Å². The van der Waals surface area contributed by atoms with Crippen LogP contribution in [0.4, 0.5) is 4.79 Å². The van der Waals surface area contributed by atoms with Crippen molar-refractivity contribution < 1.29 is 9.53 Å². The maximum atomic E-state index is 11.7. The Labute approximate surface area is 123 Å². The van der Waals surface area contributed by atoms with Crippen LogP contribution in [-0.2, 0) is 4.74 Å². The van der Waals surface area contributed by atoms with Crippen molar-refractivity contribution in [2.75, 3.05) is 0 Å². The highest BCUT2D eigenvalue weighted by molar-refractivity contribution is 5.68. The van der Waals surface area contributed by atoms with E-state index in [4.69, 9.17) is 4.74 Å². The minimum atomic E-state index is -0.414. The maximum absolute atomic E-state index is 11.7. The number of amides is 1. The Morgan fingerprint density at radius 3 is 2.10 bits per heavy atom. The molecule has 2 rings (SSSR count). The third-order valence-electron chi connectivity index (χ3n) is 4.28. The summed E-state index contributed by atoms with van der Waals surface area (Å²) in [6, 6.07) is 1.57. The molecule has 2 fully saturated rings. The van der Waals surface area contributed by atoms with Gasteiger partial charge >= 0.3 is 6.09 Å². The minimum Gasteiger partial charge on any atom is -0.444 e. The van der Waals surface area contributed by atoms with Crippen LogP contribution < -0.4 is 10.6 Å². The molecular weight excluding hydrogens is 252 g/mol. The Bertz CT molecular complexity index is 326. The van der Waals surface area contributed by atoms with E-state index < -0.39 is 5.60 Å². The lowest BCUT2D eigenvalue weighted by Gasteiger charge is -2.32. The number of ether oxygens (including phenoxy) is 1. The van der Waals surface area contributed by atoms with E-state index in [-0.39, 0.29) is 12.1 Å². The number of carbonyl (C=O) groups is 1. The minimum absolute atomic E-state index is 0.277. The second kappa shape index (κ2) is 6.33. The fourth-order valence-electron chi connectivity index (χ4n) is 2.98. The van der Waals surface area contributed by atoms with Crippen LogP contribution in [0.2, 0.25) is 0 Å². The molecule has 0 aromatic carbocycles. The highest BCUT2D eigenvalue weighted by Crippen LogP contribution is 2.33. The first-order valence-electron chi connectivity index (χ1n) is 8.09. The molecule has 0 aliphatic heterocycles. The predicted molar refractivity (Wildman–Crippen MR) is 80.7 cm³/mol. The topological polar surface area (TPSA) is 50.4 Å². The van der Waals surface area contributed by atoms with Crippen LogP contribution in [-0.4, -0.2) is 29.8 Å². The molecule has 0 aromatic rings. The van der Waals surface area contributed by atoms with Gasteiger partial charge in [0.15, 0.2) is 0 Å². The monoisotopic (exact) mass is 282 g/mol. The van der Waals surface area contributed by atoms with Crippen molar-refractivity contribution in [2.24, 2.45) is 5.92 Å². The average Bonchev–Trinajstić information content (AvgIpc) is 3.13. The maximum Gasteiger partial charge on any atom is 0.407 e. The van der Waals surface area contributed by atoms with Gasteiger partial charge in [-0.1, -0.05) is 0 Å². The van der Waals surface area contributed by atoms with Crippen molar-refractivity contribution in [1.82, 2.24) is 10.6 Å². The summed E-state index contributed by atoms with van der Waals surface area (Å²) in [5.74, 6) is 0.910. The molecule has 2 aliphatic rings. The van der Waals surface area contributed by atoms with E-state index in [9.17, 15) is 4.79 Å². The van der Waals surface area contributed by atoms with Gasteiger partial charge in [0.25, 0.3) is 0 Å². The number of hydrogen-bond acceptors (Lipinski definition) is 3. The Balaban J connectivity index is 1.64. The summed E-state index contributed by atoms with van der Waals surface area (Å²) in [6.45, 7) is 7.99. The van der Waals surface area contributed by atoms with Gasteiger partial charge in [0.1, 0.15) is 5.60 Å². The van der Waals surface area contributed by atoms with E-state index in [1.165, 1.54) is 12.8 Å². The molecule has 0 radical (unpaired) electrons. The largest absolute Gasteiger partial charge is 0.444 e. The van der Waals surface area contributed by atoms with Gasteiger partial charge in [-0.05, 0) is 72.1 Å². The molecule has 2 saturated carbocycles. The molecule has 2 N–H and O–H groups in total. The average molecular weight is 282 g/mol. The summed E-state index contributed by atoms with van der Waals surface area (Å²) >= 11 is 0. The van der Waals surface area contributed by atoms with Gasteiger partial charge in [-0.15, -0.1) is 0 Å². The molecule has 1 amide bonds. The molecular formula is C16H30N2O2. The third-order valence-corrected chi connectivity index (χ3v) is 4.28. The van der Waals surface area contributed by atoms with Crippen molar-refractivity contribution in [1.29, 1.82) is 0 Å². The smallest absolute Gasteiger partial charge is 0.407 e. The summed E-state index contributed by atoms with van der Waals surface area (Å²) in [5.41, 5.74) is -0.414. The number of rotatable bonds is 4. The molecule has 0 spiro atoms. The molecule has 0 heterocycles. The molecule has 2 aliphatic carbocycles. The zero-order chi connectivity index (χ0) is 14.8. The fraction of sp³-hybridized carbons (Fsp3) is 0.938. The molecule has 4 nitrogen and oxygen atoms in total. The fourth-order valence-corrected chi connectivity index (χ4v) is 2.98. The van der Waals surface area contributed by atoms with Gasteiger partial charge in [-0.25, -0.2) is 4.79 Å². The molecule has 1 atom stereocenters. The SMILES string of the molecule is CC(NC1CCC(NC(=O)OC(C)(C)C)CC1)C1CC1. The van der Waals surface area contributed by atoms with E-state index in [2.05, 4.69) is 17.6 Å². The van der Waals surface area contributed by atoms with E-state index in [0.29, 0.717) is 12.1 Å². The van der Waals surface area contributed by atoms with Crippen LogP contribution in [0.15, 0.2) is 0 Å². The van der Waals surface area contributed by atoms with E-state index >= 15 is 0 Å². The van der Waals surface area contributed by atoms with E-state index in [1.807, 2.05) is 20.8 Å². The van der Waals surface area contributed by atoms with Crippen molar-refractivity contribution in [3.8, 4) is 0 Å². The van der Waals surface area contributed by atoms with Crippen molar-refractivity contribution in [2.45, 2.75) is 89.9 Å². The summed E-state index contributed by atoms with van der Waals surface area (Å²) in [5, 5.41) is 6.74. The second-order valence-corrected chi connectivity index (χ2v) is 7.49. The first-order valence-corrected chi connectivity index (χ1v) is 8.09. The van der Waals surface area contributed by atoms with Gasteiger partial charge < -0.3 is 15.4 Å². The molecule has 4 heteroatoms. The van der Waals surface area contributed by atoms with Gasteiger partial charge in [0, 0.05) is 18.1 Å². The Morgan fingerprint density at radius 2 is 1.60 bits per heavy atom. The second-order valence-electron chi connectivity index (χ2n) is 7.49. The van der Waals surface area contributed by atoms with E-state index in [0.717, 1.165) is 31.6 Å². The lowest BCUT2D eigenvalue weighted by atomic mass is 9.90. The first kappa shape index (κ1) is 15.6. The Hall–Kier alpha value is -0.770. The summed E-state index contributed by atoms with van der Waals surface area (Å²) in [6.07, 6.45) is 6.91. The van der Waals surface area contributed by atoms with Crippen LogP contribution in [0.3, 0.4) is 0 Å². The summed E-state index contributed by atoms with van der Waals surface area (Å²) < 4.78 is 5.31. The number of carbonyl (C=O) groups excluding carboxylic acids is 1. The van der Waals surface area contributed by atoms with Crippen LogP contribution in [0.25, 0.3) is 0 Å². The summed E-state index contributed by atoms with van der Waals surface area (Å²) in [4.78, 5) is 11.7. The number of nitrogens with one attached hydrogen (secondary N) is 2. The first-order chi connectivity index (χ1) is 9.33. The lowest BCUT2D eigenvalue weighted by Crippen LogP contribution is -2.46. The van der Waals surface area contributed by atoms with Crippen molar-refractivity contribution >= 4 is 6.09 Å². The number of alkyl carbamates (subject to hydrolysis) is 1. The van der Waals surface area contributed by atoms with Gasteiger partial charge in [-0.3, -0.25) is 0 Å². The Kier molecular flexibility index (Phi) is 4.95. The van der Waals surface area contributed by atoms with Gasteiger partial charge in [0.05, 0.1) is 0 Å². The van der Waals surface area contributed by atoms with Gasteiger partial charge in [-0.2, -0.15) is 0 Å².